The summed E-state index contributed by atoms with van der Waals surface area (Å²) in [6.07, 6.45) is 1.99. The van der Waals surface area contributed by atoms with E-state index in [1.807, 2.05) is 0 Å². The second-order valence-corrected chi connectivity index (χ2v) is 7.10. The van der Waals surface area contributed by atoms with Crippen LogP contribution < -0.4 is 9.47 Å². The number of benzene rings is 2. The Bertz CT molecular complexity index is 1240. The molecule has 2 aromatic carbocycles. The van der Waals surface area contributed by atoms with E-state index in [9.17, 15) is 28.8 Å². The standard InChI is InChI=1S/C24H14O8/c1-11(25)31-13-3-5-15-17(7-13)21(27)9-19(23(15)29)20-10-22(28)18-8-14(32-12(2)26)4-6-16(18)24(20)30/h3-10H,1-2H3. The first-order valence-corrected chi connectivity index (χ1v) is 9.42. The number of Topliss-reactive ketones (excluding diaryl/α,β-unsaturated/α-hetero) is 2. The van der Waals surface area contributed by atoms with Crippen molar-refractivity contribution in [2.45, 2.75) is 13.8 Å². The van der Waals surface area contributed by atoms with Gasteiger partial charge in [0.2, 0.25) is 0 Å². The van der Waals surface area contributed by atoms with Crippen molar-refractivity contribution < 1.29 is 38.2 Å². The van der Waals surface area contributed by atoms with Gasteiger partial charge in [-0.3, -0.25) is 28.8 Å². The van der Waals surface area contributed by atoms with Gasteiger partial charge in [-0.15, -0.1) is 0 Å². The molecular weight excluding hydrogens is 416 g/mol. The zero-order valence-corrected chi connectivity index (χ0v) is 16.9. The Labute approximate surface area is 181 Å². The van der Waals surface area contributed by atoms with Crippen molar-refractivity contribution in [1.29, 1.82) is 0 Å². The number of ether oxygens (including phenoxy) is 2. The third kappa shape index (κ3) is 3.58. The molecule has 0 amide bonds. The summed E-state index contributed by atoms with van der Waals surface area (Å²) < 4.78 is 9.89. The van der Waals surface area contributed by atoms with Crippen LogP contribution in [0.4, 0.5) is 0 Å². The third-order valence-corrected chi connectivity index (χ3v) is 4.86. The highest BCUT2D eigenvalue weighted by Crippen LogP contribution is 2.33. The zero-order valence-electron chi connectivity index (χ0n) is 16.9. The fourth-order valence-electron chi connectivity index (χ4n) is 3.55. The lowest BCUT2D eigenvalue weighted by Crippen LogP contribution is -2.25. The van der Waals surface area contributed by atoms with E-state index < -0.39 is 35.1 Å². The maximum Gasteiger partial charge on any atom is 0.308 e. The second kappa shape index (κ2) is 7.66. The average Bonchev–Trinajstić information content (AvgIpc) is 2.72. The van der Waals surface area contributed by atoms with Crippen molar-refractivity contribution in [2.75, 3.05) is 0 Å². The highest BCUT2D eigenvalue weighted by molar-refractivity contribution is 6.34. The molecule has 4 rings (SSSR count). The summed E-state index contributed by atoms with van der Waals surface area (Å²) in [5.74, 6) is -3.31. The molecule has 0 unspecified atom stereocenters. The summed E-state index contributed by atoms with van der Waals surface area (Å²) in [5, 5.41) is 0. The summed E-state index contributed by atoms with van der Waals surface area (Å²) in [4.78, 5) is 73.7. The third-order valence-electron chi connectivity index (χ3n) is 4.86. The largest absolute Gasteiger partial charge is 0.427 e. The lowest BCUT2D eigenvalue weighted by atomic mass is 9.80. The molecule has 0 fully saturated rings. The summed E-state index contributed by atoms with van der Waals surface area (Å²) >= 11 is 0. The first kappa shape index (κ1) is 20.8. The SMILES string of the molecule is CC(=O)Oc1ccc2c(c1)C(=O)C=C(C1=CC(=O)c3cc(OC(C)=O)ccc3C1=O)C2=O. The second-order valence-electron chi connectivity index (χ2n) is 7.10. The Balaban J connectivity index is 1.72. The first-order chi connectivity index (χ1) is 15.2. The molecule has 0 aromatic heterocycles. The van der Waals surface area contributed by atoms with Crippen molar-refractivity contribution in [2.24, 2.45) is 0 Å². The summed E-state index contributed by atoms with van der Waals surface area (Å²) in [6, 6.07) is 7.94. The Hall–Kier alpha value is -4.46. The highest BCUT2D eigenvalue weighted by atomic mass is 16.5. The topological polar surface area (TPSA) is 121 Å². The van der Waals surface area contributed by atoms with Gasteiger partial charge in [-0.1, -0.05) is 0 Å². The number of hydrogen-bond acceptors (Lipinski definition) is 8. The molecule has 0 spiro atoms. The van der Waals surface area contributed by atoms with Crippen molar-refractivity contribution in [3.05, 3.63) is 82.0 Å². The van der Waals surface area contributed by atoms with Crippen LogP contribution >= 0.6 is 0 Å². The molecule has 0 saturated carbocycles. The fourth-order valence-corrected chi connectivity index (χ4v) is 3.55. The van der Waals surface area contributed by atoms with Crippen LogP contribution in [0.15, 0.2) is 59.7 Å². The Kier molecular flexibility index (Phi) is 4.98. The predicted molar refractivity (Wildman–Crippen MR) is 109 cm³/mol. The summed E-state index contributed by atoms with van der Waals surface area (Å²) in [6.45, 7) is 2.41. The Morgan fingerprint density at radius 3 is 1.31 bits per heavy atom. The van der Waals surface area contributed by atoms with Crippen molar-refractivity contribution in [1.82, 2.24) is 0 Å². The van der Waals surface area contributed by atoms with Gasteiger partial charge in [0, 0.05) is 47.2 Å². The minimum atomic E-state index is -0.610. The van der Waals surface area contributed by atoms with Gasteiger partial charge in [-0.2, -0.15) is 0 Å². The lowest BCUT2D eigenvalue weighted by Gasteiger charge is -2.20. The molecule has 8 nitrogen and oxygen atoms in total. The van der Waals surface area contributed by atoms with Gasteiger partial charge in [-0.25, -0.2) is 0 Å². The van der Waals surface area contributed by atoms with Gasteiger partial charge in [0.1, 0.15) is 11.5 Å². The number of fused-ring (bicyclic) bond motifs is 2. The molecule has 2 aliphatic carbocycles. The van der Waals surface area contributed by atoms with Gasteiger partial charge in [0.25, 0.3) is 0 Å². The van der Waals surface area contributed by atoms with Crippen LogP contribution in [0.3, 0.4) is 0 Å². The van der Waals surface area contributed by atoms with Crippen molar-refractivity contribution in [3.63, 3.8) is 0 Å². The molecular formula is C24H14O8. The molecule has 2 aliphatic rings. The van der Waals surface area contributed by atoms with Gasteiger partial charge in [-0.05, 0) is 48.6 Å². The fraction of sp³-hybridized carbons (Fsp3) is 0.0833. The first-order valence-electron chi connectivity index (χ1n) is 9.42. The number of carbonyl (C=O) groups is 6. The number of rotatable bonds is 3. The van der Waals surface area contributed by atoms with Gasteiger partial charge in [0.15, 0.2) is 23.1 Å². The molecule has 0 N–H and O–H groups in total. The highest BCUT2D eigenvalue weighted by Gasteiger charge is 2.35. The maximum absolute atomic E-state index is 13.0. The van der Waals surface area contributed by atoms with E-state index in [0.29, 0.717) is 0 Å². The van der Waals surface area contributed by atoms with Crippen molar-refractivity contribution >= 4 is 35.1 Å². The van der Waals surface area contributed by atoms with E-state index in [0.717, 1.165) is 12.2 Å². The predicted octanol–water partition coefficient (Wildman–Crippen LogP) is 2.85. The van der Waals surface area contributed by atoms with Crippen LogP contribution in [0.1, 0.15) is 55.3 Å². The van der Waals surface area contributed by atoms with Crippen LogP contribution in [-0.4, -0.2) is 35.1 Å². The van der Waals surface area contributed by atoms with E-state index >= 15 is 0 Å². The molecule has 158 valence electrons. The summed E-state index contributed by atoms with van der Waals surface area (Å²) in [5.41, 5.74) is -0.286. The van der Waals surface area contributed by atoms with Crippen LogP contribution in [-0.2, 0) is 9.59 Å². The Morgan fingerprint density at radius 1 is 0.594 bits per heavy atom. The monoisotopic (exact) mass is 430 g/mol. The molecule has 2 aromatic rings. The Morgan fingerprint density at radius 2 is 0.969 bits per heavy atom. The van der Waals surface area contributed by atoms with Crippen LogP contribution in [0.2, 0.25) is 0 Å². The van der Waals surface area contributed by atoms with Gasteiger partial charge < -0.3 is 9.47 Å². The molecule has 32 heavy (non-hydrogen) atoms. The molecule has 0 heterocycles. The summed E-state index contributed by atoms with van der Waals surface area (Å²) in [7, 11) is 0. The number of carbonyl (C=O) groups excluding carboxylic acids is 6. The molecule has 0 atom stereocenters. The quantitative estimate of drug-likeness (QED) is 0.538. The normalized spacial score (nSPS) is 14.8. The van der Waals surface area contributed by atoms with Crippen LogP contribution in [0.25, 0.3) is 0 Å². The molecule has 0 radical (unpaired) electrons. The molecule has 8 heteroatoms. The van der Waals surface area contributed by atoms with E-state index in [1.165, 1.54) is 50.2 Å². The molecule has 0 bridgehead atoms. The average molecular weight is 430 g/mol. The van der Waals surface area contributed by atoms with E-state index in [-0.39, 0.29) is 44.9 Å². The van der Waals surface area contributed by atoms with E-state index in [1.54, 1.807) is 0 Å². The van der Waals surface area contributed by atoms with E-state index in [2.05, 4.69) is 0 Å². The van der Waals surface area contributed by atoms with Crippen LogP contribution in [0.5, 0.6) is 11.5 Å². The van der Waals surface area contributed by atoms with Gasteiger partial charge >= 0.3 is 11.9 Å². The van der Waals surface area contributed by atoms with Gasteiger partial charge in [0.05, 0.1) is 0 Å². The minimum absolute atomic E-state index is 0.0270. The number of ketones is 4. The molecule has 0 saturated heterocycles. The molecule has 0 aliphatic heterocycles. The maximum atomic E-state index is 13.0. The lowest BCUT2D eigenvalue weighted by molar-refractivity contribution is -0.132. The van der Waals surface area contributed by atoms with Crippen molar-refractivity contribution in [3.8, 4) is 11.5 Å². The minimum Gasteiger partial charge on any atom is -0.427 e. The number of esters is 2. The number of hydrogen-bond donors (Lipinski definition) is 0. The van der Waals surface area contributed by atoms with Crippen LogP contribution in [0, 0.1) is 0 Å². The van der Waals surface area contributed by atoms with E-state index in [4.69, 9.17) is 9.47 Å². The smallest absolute Gasteiger partial charge is 0.308 e. The zero-order chi connectivity index (χ0) is 23.2. The number of allylic oxidation sites excluding steroid dienone is 4.